The van der Waals surface area contributed by atoms with Gasteiger partial charge in [0.1, 0.15) is 6.17 Å². The number of hydrogen-bond donors (Lipinski definition) is 1. The minimum Gasteiger partial charge on any atom is -0.325 e. The van der Waals surface area contributed by atoms with Gasteiger partial charge in [-0.05, 0) is 56.3 Å². The molecule has 0 amide bonds. The molecule has 4 saturated carbocycles. The summed E-state index contributed by atoms with van der Waals surface area (Å²) in [5.41, 5.74) is 6.34. The number of alkyl halides is 1. The zero-order valence-corrected chi connectivity index (χ0v) is 9.23. The number of nitrogens with two attached hydrogens (primary N) is 1. The Balaban J connectivity index is 0.000000750. The Morgan fingerprint density at radius 3 is 2.29 bits per heavy atom. The summed E-state index contributed by atoms with van der Waals surface area (Å²) in [7, 11) is 0. The highest BCUT2D eigenvalue weighted by Crippen LogP contribution is 2.52. The molecule has 4 aliphatic rings. The van der Waals surface area contributed by atoms with Gasteiger partial charge in [-0.3, -0.25) is 0 Å². The third-order valence-electron chi connectivity index (χ3n) is 4.43. The maximum atomic E-state index is 13.7. The number of halogens is 2. The Hall–Kier alpha value is 0.180. The minimum atomic E-state index is -0.541. The van der Waals surface area contributed by atoms with E-state index >= 15 is 0 Å². The fraction of sp³-hybridized carbons (Fsp3) is 1.00. The Morgan fingerprint density at radius 2 is 1.64 bits per heavy atom. The Bertz CT molecular complexity index is 235. The lowest BCUT2D eigenvalue weighted by Crippen LogP contribution is -2.50. The lowest BCUT2D eigenvalue weighted by Gasteiger charge is -2.45. The highest BCUT2D eigenvalue weighted by atomic mass is 35.5. The molecular formula is C11H19ClFN. The molecule has 0 radical (unpaired) electrons. The largest absolute Gasteiger partial charge is 0.325 e. The molecule has 14 heavy (non-hydrogen) atoms. The molecule has 4 aliphatic carbocycles. The van der Waals surface area contributed by atoms with E-state index in [2.05, 4.69) is 0 Å². The highest BCUT2D eigenvalue weighted by molar-refractivity contribution is 5.85. The van der Waals surface area contributed by atoms with Crippen molar-refractivity contribution in [3.63, 3.8) is 0 Å². The summed E-state index contributed by atoms with van der Waals surface area (Å²) in [5.74, 6) is 1.66. The summed E-state index contributed by atoms with van der Waals surface area (Å²) < 4.78 is 13.7. The van der Waals surface area contributed by atoms with Crippen LogP contribution in [-0.4, -0.2) is 11.7 Å². The molecule has 0 saturated heterocycles. The van der Waals surface area contributed by atoms with Gasteiger partial charge < -0.3 is 5.73 Å². The van der Waals surface area contributed by atoms with Crippen LogP contribution in [0, 0.1) is 17.8 Å². The van der Waals surface area contributed by atoms with Gasteiger partial charge in [-0.1, -0.05) is 0 Å². The van der Waals surface area contributed by atoms with Gasteiger partial charge in [0.05, 0.1) is 0 Å². The van der Waals surface area contributed by atoms with Crippen molar-refractivity contribution in [1.82, 2.24) is 0 Å². The number of rotatable bonds is 0. The maximum Gasteiger partial charge on any atom is 0.103 e. The predicted molar refractivity (Wildman–Crippen MR) is 57.2 cm³/mol. The average molecular weight is 220 g/mol. The van der Waals surface area contributed by atoms with E-state index in [0.29, 0.717) is 11.8 Å². The first-order chi connectivity index (χ1) is 6.15. The minimum absolute atomic E-state index is 0. The topological polar surface area (TPSA) is 26.0 Å². The van der Waals surface area contributed by atoms with Crippen LogP contribution in [0.2, 0.25) is 0 Å². The van der Waals surface area contributed by atoms with Crippen LogP contribution in [0.4, 0.5) is 4.39 Å². The lowest BCUT2D eigenvalue weighted by molar-refractivity contribution is 0.0902. The molecule has 4 bridgehead atoms. The standard InChI is InChI=1S/C11H18FN.ClH/c12-10-3-8-1-7-2-9(10)6-11(13,4-7)5-8;/h7-10H,1-6,13H2;1H. The second-order valence-electron chi connectivity index (χ2n) is 5.69. The third-order valence-corrected chi connectivity index (χ3v) is 4.43. The second kappa shape index (κ2) is 3.34. The zero-order chi connectivity index (χ0) is 9.05. The molecule has 3 heteroatoms. The van der Waals surface area contributed by atoms with Gasteiger partial charge in [-0.15, -0.1) is 12.4 Å². The molecule has 0 aliphatic heterocycles. The summed E-state index contributed by atoms with van der Waals surface area (Å²) in [6.45, 7) is 0. The van der Waals surface area contributed by atoms with Crippen molar-refractivity contribution in [3.8, 4) is 0 Å². The van der Waals surface area contributed by atoms with Crippen molar-refractivity contribution in [2.75, 3.05) is 0 Å². The average Bonchev–Trinajstić information content (AvgIpc) is 2.12. The summed E-state index contributed by atoms with van der Waals surface area (Å²) >= 11 is 0. The van der Waals surface area contributed by atoms with E-state index in [1.54, 1.807) is 0 Å². The van der Waals surface area contributed by atoms with E-state index in [-0.39, 0.29) is 17.9 Å². The highest BCUT2D eigenvalue weighted by Gasteiger charge is 2.49. The molecule has 2 N–H and O–H groups in total. The molecule has 4 rings (SSSR count). The van der Waals surface area contributed by atoms with Crippen molar-refractivity contribution in [2.24, 2.45) is 23.5 Å². The molecule has 82 valence electrons. The van der Waals surface area contributed by atoms with Gasteiger partial charge in [0.2, 0.25) is 0 Å². The monoisotopic (exact) mass is 219 g/mol. The van der Waals surface area contributed by atoms with E-state index in [4.69, 9.17) is 5.73 Å². The molecular weight excluding hydrogens is 201 g/mol. The van der Waals surface area contributed by atoms with Crippen LogP contribution in [0.3, 0.4) is 0 Å². The van der Waals surface area contributed by atoms with Gasteiger partial charge >= 0.3 is 0 Å². The Labute approximate surface area is 91.0 Å². The van der Waals surface area contributed by atoms with Crippen LogP contribution in [0.25, 0.3) is 0 Å². The van der Waals surface area contributed by atoms with Crippen LogP contribution in [-0.2, 0) is 0 Å². The van der Waals surface area contributed by atoms with Crippen LogP contribution in [0.15, 0.2) is 0 Å². The summed E-state index contributed by atoms with van der Waals surface area (Å²) in [6.07, 6.45) is 5.88. The summed E-state index contributed by atoms with van der Waals surface area (Å²) in [5, 5.41) is 0. The predicted octanol–water partition coefficient (Wildman–Crippen LogP) is 2.67. The van der Waals surface area contributed by atoms with Crippen molar-refractivity contribution in [2.45, 2.75) is 50.2 Å². The van der Waals surface area contributed by atoms with Gasteiger partial charge in [-0.25, -0.2) is 4.39 Å². The fourth-order valence-corrected chi connectivity index (χ4v) is 4.22. The zero-order valence-electron chi connectivity index (χ0n) is 8.42. The lowest BCUT2D eigenvalue weighted by atomic mass is 9.63. The third kappa shape index (κ3) is 1.57. The van der Waals surface area contributed by atoms with Gasteiger partial charge in [-0.2, -0.15) is 0 Å². The summed E-state index contributed by atoms with van der Waals surface area (Å²) in [4.78, 5) is 0. The Morgan fingerprint density at radius 1 is 1.00 bits per heavy atom. The van der Waals surface area contributed by atoms with Crippen LogP contribution < -0.4 is 5.73 Å². The van der Waals surface area contributed by atoms with Gasteiger partial charge in [0.15, 0.2) is 0 Å². The number of hydrogen-bond acceptors (Lipinski definition) is 1. The molecule has 5 atom stereocenters. The molecule has 4 fully saturated rings. The molecule has 1 nitrogen and oxygen atoms in total. The molecule has 0 aromatic carbocycles. The quantitative estimate of drug-likeness (QED) is 0.666. The van der Waals surface area contributed by atoms with Gasteiger partial charge in [0.25, 0.3) is 0 Å². The first-order valence-corrected chi connectivity index (χ1v) is 5.58. The normalized spacial score (nSPS) is 55.3. The van der Waals surface area contributed by atoms with Crippen LogP contribution >= 0.6 is 12.4 Å². The van der Waals surface area contributed by atoms with E-state index in [0.717, 1.165) is 31.6 Å². The van der Waals surface area contributed by atoms with Crippen LogP contribution in [0.5, 0.6) is 0 Å². The van der Waals surface area contributed by atoms with Gasteiger partial charge in [0, 0.05) is 5.54 Å². The maximum absolute atomic E-state index is 13.7. The second-order valence-corrected chi connectivity index (χ2v) is 5.69. The van der Waals surface area contributed by atoms with E-state index in [1.165, 1.54) is 12.8 Å². The summed E-state index contributed by atoms with van der Waals surface area (Å²) in [6, 6.07) is 0. The Kier molecular flexibility index (Phi) is 2.55. The first kappa shape index (κ1) is 10.7. The molecule has 0 spiro atoms. The first-order valence-electron chi connectivity index (χ1n) is 5.58. The van der Waals surface area contributed by atoms with E-state index in [1.807, 2.05) is 0 Å². The molecule has 5 unspecified atom stereocenters. The van der Waals surface area contributed by atoms with E-state index in [9.17, 15) is 4.39 Å². The van der Waals surface area contributed by atoms with Crippen molar-refractivity contribution >= 4 is 12.4 Å². The van der Waals surface area contributed by atoms with Crippen molar-refractivity contribution in [1.29, 1.82) is 0 Å². The van der Waals surface area contributed by atoms with Crippen molar-refractivity contribution in [3.05, 3.63) is 0 Å². The van der Waals surface area contributed by atoms with E-state index < -0.39 is 6.17 Å². The number of fused-ring (bicyclic) bond motifs is 1. The van der Waals surface area contributed by atoms with Crippen molar-refractivity contribution < 1.29 is 4.39 Å². The smallest absolute Gasteiger partial charge is 0.103 e. The van der Waals surface area contributed by atoms with Crippen LogP contribution in [0.1, 0.15) is 38.5 Å². The molecule has 0 heterocycles. The SMILES string of the molecule is Cl.NC12CC3CC(CC(C1)C(F)C3)C2. The molecule has 0 aromatic rings. The molecule has 0 aromatic heterocycles. The fourth-order valence-electron chi connectivity index (χ4n) is 4.22.